The lowest BCUT2D eigenvalue weighted by Crippen LogP contribution is -2.26. The van der Waals surface area contributed by atoms with Crippen molar-refractivity contribution in [2.24, 2.45) is 0 Å². The van der Waals surface area contributed by atoms with Crippen molar-refractivity contribution in [3.63, 3.8) is 0 Å². The molecular weight excluding hydrogens is 841 g/mol. The highest BCUT2D eigenvalue weighted by atomic mass is 32.1. The normalized spacial score (nSPS) is 12.7. The van der Waals surface area contributed by atoms with E-state index < -0.39 is 17.0 Å². The average Bonchev–Trinajstić information content (AvgIpc) is 4.02. The molecule has 1 nitrogen and oxygen atoms in total. The Bertz CT molecular complexity index is 3650. The average molecular weight is 880 g/mol. The summed E-state index contributed by atoms with van der Waals surface area (Å²) in [6, 6.07) is 81.9. The highest BCUT2D eigenvalue weighted by molar-refractivity contribution is 7.20. The number of benzene rings is 10. The summed E-state index contributed by atoms with van der Waals surface area (Å²) in [7, 11) is 0. The summed E-state index contributed by atoms with van der Waals surface area (Å²) in [6.07, 6.45) is 0. The lowest BCUT2D eigenvalue weighted by Gasteiger charge is -2.31. The number of halogens is 2. The van der Waals surface area contributed by atoms with Crippen LogP contribution < -0.4 is 4.90 Å². The Morgan fingerprint density at radius 2 is 0.866 bits per heavy atom. The summed E-state index contributed by atoms with van der Waals surface area (Å²) in [5.41, 5.74) is 17.9. The van der Waals surface area contributed by atoms with Gasteiger partial charge in [0, 0.05) is 32.1 Å². The lowest BCUT2D eigenvalue weighted by molar-refractivity contribution is 0.589. The molecule has 0 saturated heterocycles. The molecule has 67 heavy (non-hydrogen) atoms. The number of anilines is 3. The number of nitrogens with zero attached hydrogens (tertiary/aromatic N) is 1. The van der Waals surface area contributed by atoms with Gasteiger partial charge >= 0.3 is 0 Å². The molecule has 1 spiro atoms. The first-order valence-electron chi connectivity index (χ1n) is 22.6. The quantitative estimate of drug-likeness (QED) is 0.154. The summed E-state index contributed by atoms with van der Waals surface area (Å²) in [5.74, 6) is -1.17. The zero-order chi connectivity index (χ0) is 44.6. The van der Waals surface area contributed by atoms with Gasteiger partial charge in [0.15, 0.2) is 0 Å². The summed E-state index contributed by atoms with van der Waals surface area (Å²) >= 11 is 1.91. The molecule has 1 aromatic heterocycles. The van der Waals surface area contributed by atoms with Gasteiger partial charge in [-0.3, -0.25) is 0 Å². The van der Waals surface area contributed by atoms with Crippen LogP contribution in [-0.2, 0) is 5.41 Å². The van der Waals surface area contributed by atoms with Crippen LogP contribution in [0, 0.1) is 11.6 Å². The number of hydrogen-bond acceptors (Lipinski definition) is 2. The SMILES string of the molecule is Fc1cccc(F)c1-c1ccc(N(c2ccc(-c3cccc(-c4c(-c5ccccc5)sc5c4C4(c6ccccc6-c6ccccc64)c4ccccc4-5)c3)cc2)c2cccc3ccccc23)cc1. The second-order valence-electron chi connectivity index (χ2n) is 17.4. The fourth-order valence-corrected chi connectivity index (χ4v) is 12.4. The van der Waals surface area contributed by atoms with Gasteiger partial charge in [0.05, 0.1) is 16.7 Å². The standard InChI is InChI=1S/C63H39F2NS/c64-55-28-14-29-56(65)58(55)42-33-37-47(38-34-42)66(57-30-13-18-41-15-4-5-21-48(41)57)46-35-31-40(32-36-46)44-19-12-20-45(39-44)59-60-62(67-61(59)43-16-2-1-3-17-43)51-24-8-11-27-54(51)63(60)52-25-9-6-22-49(52)50-23-7-10-26-53(50)63/h1-39H. The van der Waals surface area contributed by atoms with Crippen LogP contribution >= 0.6 is 11.3 Å². The molecule has 0 fully saturated rings. The first-order valence-corrected chi connectivity index (χ1v) is 23.4. The van der Waals surface area contributed by atoms with E-state index in [-0.39, 0.29) is 5.56 Å². The van der Waals surface area contributed by atoms with Crippen LogP contribution in [0.15, 0.2) is 237 Å². The van der Waals surface area contributed by atoms with Crippen LogP contribution in [0.2, 0.25) is 0 Å². The topological polar surface area (TPSA) is 3.24 Å². The Balaban J connectivity index is 0.964. The number of rotatable bonds is 7. The van der Waals surface area contributed by atoms with E-state index in [2.05, 4.69) is 199 Å². The monoisotopic (exact) mass is 879 g/mol. The van der Waals surface area contributed by atoms with Crippen LogP contribution in [-0.4, -0.2) is 0 Å². The van der Waals surface area contributed by atoms with E-state index in [9.17, 15) is 8.78 Å². The number of hydrogen-bond donors (Lipinski definition) is 0. The van der Waals surface area contributed by atoms with Crippen molar-refractivity contribution in [1.82, 2.24) is 0 Å². The largest absolute Gasteiger partial charge is 0.310 e. The van der Waals surface area contributed by atoms with E-state index >= 15 is 0 Å². The fourth-order valence-electron chi connectivity index (χ4n) is 11.0. The zero-order valence-corrected chi connectivity index (χ0v) is 36.9. The van der Waals surface area contributed by atoms with Crippen molar-refractivity contribution in [3.05, 3.63) is 270 Å². The van der Waals surface area contributed by atoms with Crippen molar-refractivity contribution in [1.29, 1.82) is 0 Å². The molecule has 0 amide bonds. The molecule has 0 unspecified atom stereocenters. The van der Waals surface area contributed by atoms with Crippen molar-refractivity contribution in [3.8, 4) is 65.4 Å². The first kappa shape index (κ1) is 39.2. The highest BCUT2D eigenvalue weighted by Gasteiger charge is 2.54. The third kappa shape index (κ3) is 5.96. The highest BCUT2D eigenvalue weighted by Crippen LogP contribution is 2.67. The Kier molecular flexibility index (Phi) is 9.06. The summed E-state index contributed by atoms with van der Waals surface area (Å²) in [4.78, 5) is 4.81. The molecule has 2 aliphatic rings. The summed E-state index contributed by atoms with van der Waals surface area (Å²) in [6.45, 7) is 0. The minimum absolute atomic E-state index is 0.0294. The van der Waals surface area contributed by atoms with Crippen LogP contribution in [0.3, 0.4) is 0 Å². The van der Waals surface area contributed by atoms with E-state index in [1.165, 1.54) is 83.6 Å². The van der Waals surface area contributed by atoms with E-state index in [0.717, 1.165) is 39.0 Å². The Hall–Kier alpha value is -8.18. The summed E-state index contributed by atoms with van der Waals surface area (Å²) < 4.78 is 29.8. The van der Waals surface area contributed by atoms with Crippen molar-refractivity contribution in [2.75, 3.05) is 4.90 Å². The maximum Gasteiger partial charge on any atom is 0.133 e. The molecular formula is C63H39F2NS. The molecule has 0 radical (unpaired) electrons. The molecule has 4 heteroatoms. The van der Waals surface area contributed by atoms with Gasteiger partial charge in [-0.2, -0.15) is 0 Å². The van der Waals surface area contributed by atoms with Gasteiger partial charge in [-0.15, -0.1) is 11.3 Å². The van der Waals surface area contributed by atoms with Gasteiger partial charge in [-0.25, -0.2) is 8.78 Å². The molecule has 0 N–H and O–H groups in total. The molecule has 1 heterocycles. The van der Waals surface area contributed by atoms with E-state index in [4.69, 9.17) is 0 Å². The van der Waals surface area contributed by atoms with E-state index in [1.54, 1.807) is 12.1 Å². The summed E-state index contributed by atoms with van der Waals surface area (Å²) in [5, 5.41) is 2.21. The molecule has 0 atom stereocenters. The zero-order valence-electron chi connectivity index (χ0n) is 36.1. The van der Waals surface area contributed by atoms with Crippen LogP contribution in [0.25, 0.3) is 76.2 Å². The van der Waals surface area contributed by atoms with Crippen LogP contribution in [0.4, 0.5) is 25.8 Å². The maximum atomic E-state index is 14.9. The van der Waals surface area contributed by atoms with Gasteiger partial charge in [-0.05, 0) is 121 Å². The second kappa shape index (κ2) is 15.5. The van der Waals surface area contributed by atoms with Gasteiger partial charge in [0.1, 0.15) is 11.6 Å². The lowest BCUT2D eigenvalue weighted by atomic mass is 9.69. The maximum absolute atomic E-state index is 14.9. The number of thiophene rings is 1. The minimum Gasteiger partial charge on any atom is -0.310 e. The molecule has 10 aromatic carbocycles. The number of fused-ring (bicyclic) bond motifs is 11. The smallest absolute Gasteiger partial charge is 0.133 e. The van der Waals surface area contributed by atoms with Crippen molar-refractivity contribution in [2.45, 2.75) is 5.41 Å². The van der Waals surface area contributed by atoms with Gasteiger partial charge in [0.2, 0.25) is 0 Å². The van der Waals surface area contributed by atoms with E-state index in [0.29, 0.717) is 5.56 Å². The molecule has 0 aliphatic heterocycles. The first-order chi connectivity index (χ1) is 33.1. The van der Waals surface area contributed by atoms with Crippen LogP contribution in [0.1, 0.15) is 22.3 Å². The van der Waals surface area contributed by atoms with Crippen molar-refractivity contribution < 1.29 is 8.78 Å². The molecule has 0 saturated carbocycles. The molecule has 13 rings (SSSR count). The predicted octanol–water partition coefficient (Wildman–Crippen LogP) is 17.7. The minimum atomic E-state index is -0.586. The van der Waals surface area contributed by atoms with Crippen LogP contribution in [0.5, 0.6) is 0 Å². The Morgan fingerprint density at radius 3 is 1.55 bits per heavy atom. The van der Waals surface area contributed by atoms with Gasteiger partial charge in [-0.1, -0.05) is 188 Å². The third-order valence-corrected chi connectivity index (χ3v) is 15.1. The Morgan fingerprint density at radius 1 is 0.358 bits per heavy atom. The second-order valence-corrected chi connectivity index (χ2v) is 18.4. The molecule has 316 valence electrons. The van der Waals surface area contributed by atoms with E-state index in [1.807, 2.05) is 23.5 Å². The molecule has 2 aliphatic carbocycles. The van der Waals surface area contributed by atoms with Crippen molar-refractivity contribution >= 4 is 39.2 Å². The van der Waals surface area contributed by atoms with Gasteiger partial charge < -0.3 is 4.90 Å². The Labute approximate surface area is 392 Å². The molecule has 11 aromatic rings. The predicted molar refractivity (Wildman–Crippen MR) is 274 cm³/mol. The molecule has 0 bridgehead atoms. The van der Waals surface area contributed by atoms with Gasteiger partial charge in [0.25, 0.3) is 0 Å². The third-order valence-electron chi connectivity index (χ3n) is 13.8. The fraction of sp³-hybridized carbons (Fsp3) is 0.0159.